The van der Waals surface area contributed by atoms with Gasteiger partial charge < -0.3 is 4.57 Å². The first-order valence-electron chi connectivity index (χ1n) is 9.24. The third kappa shape index (κ3) is 3.92. The molecule has 2 aromatic heterocycles. The van der Waals surface area contributed by atoms with Gasteiger partial charge in [0.1, 0.15) is 0 Å². The monoisotopic (exact) mass is 457 g/mol. The summed E-state index contributed by atoms with van der Waals surface area (Å²) >= 11 is 4.59. The van der Waals surface area contributed by atoms with E-state index in [0.717, 1.165) is 27.2 Å². The molecule has 0 aliphatic heterocycles. The van der Waals surface area contributed by atoms with E-state index in [9.17, 15) is 14.9 Å². The van der Waals surface area contributed by atoms with Crippen molar-refractivity contribution in [3.05, 3.63) is 67.3 Å². The van der Waals surface area contributed by atoms with Crippen LogP contribution in [0, 0.1) is 24.0 Å². The van der Waals surface area contributed by atoms with Crippen LogP contribution < -0.4 is 4.80 Å². The number of hydrogen-bond donors (Lipinski definition) is 0. The van der Waals surface area contributed by atoms with Crippen molar-refractivity contribution >= 4 is 66.3 Å². The van der Waals surface area contributed by atoms with Gasteiger partial charge in [-0.05, 0) is 49.4 Å². The summed E-state index contributed by atoms with van der Waals surface area (Å²) in [5.41, 5.74) is 3.47. The van der Waals surface area contributed by atoms with Gasteiger partial charge in [-0.25, -0.2) is 0 Å². The van der Waals surface area contributed by atoms with Crippen molar-refractivity contribution in [2.24, 2.45) is 4.99 Å². The number of thiophene rings is 1. The number of thioether (sulfide) groups is 1. The molecular formula is C21H19N3O3S3. The lowest BCUT2D eigenvalue weighted by Crippen LogP contribution is -2.18. The molecule has 30 heavy (non-hydrogen) atoms. The number of hydrogen-bond acceptors (Lipinski definition) is 6. The number of carbonyl (C=O) groups is 1. The maximum Gasteiger partial charge on any atom is 0.289 e. The quantitative estimate of drug-likeness (QED) is 0.291. The fourth-order valence-electron chi connectivity index (χ4n) is 3.39. The summed E-state index contributed by atoms with van der Waals surface area (Å²) < 4.78 is 4.09. The van der Waals surface area contributed by atoms with Crippen LogP contribution in [0.5, 0.6) is 0 Å². The first-order valence-corrected chi connectivity index (χ1v) is 12.3. The Morgan fingerprint density at radius 3 is 2.73 bits per heavy atom. The van der Waals surface area contributed by atoms with E-state index in [4.69, 9.17) is 0 Å². The lowest BCUT2D eigenvalue weighted by Gasteiger charge is -2.05. The minimum Gasteiger partial charge on any atom is -0.315 e. The van der Waals surface area contributed by atoms with Crippen LogP contribution in [-0.2, 0) is 6.54 Å². The average molecular weight is 458 g/mol. The van der Waals surface area contributed by atoms with Crippen LogP contribution in [0.25, 0.3) is 20.3 Å². The predicted molar refractivity (Wildman–Crippen MR) is 126 cm³/mol. The fraction of sp³-hybridized carbons (Fsp3) is 0.238. The van der Waals surface area contributed by atoms with Gasteiger partial charge in [0.2, 0.25) is 0 Å². The Morgan fingerprint density at radius 2 is 2.00 bits per heavy atom. The number of amides is 1. The number of fused-ring (bicyclic) bond motifs is 2. The van der Waals surface area contributed by atoms with Crippen LogP contribution in [0.2, 0.25) is 0 Å². The number of aromatic nitrogens is 1. The Morgan fingerprint density at radius 1 is 1.20 bits per heavy atom. The Kier molecular flexibility index (Phi) is 5.77. The Hall–Kier alpha value is -2.49. The number of nitro groups is 1. The van der Waals surface area contributed by atoms with E-state index in [1.165, 1.54) is 45.9 Å². The maximum absolute atomic E-state index is 13.0. The topological polar surface area (TPSA) is 77.5 Å². The molecule has 0 spiro atoms. The van der Waals surface area contributed by atoms with Gasteiger partial charge in [-0.3, -0.25) is 14.9 Å². The summed E-state index contributed by atoms with van der Waals surface area (Å²) in [7, 11) is 0. The van der Waals surface area contributed by atoms with E-state index < -0.39 is 4.92 Å². The molecule has 0 unspecified atom stereocenters. The van der Waals surface area contributed by atoms with Crippen LogP contribution in [0.3, 0.4) is 0 Å². The van der Waals surface area contributed by atoms with Gasteiger partial charge in [-0.2, -0.15) is 16.8 Å². The Labute approximate surface area is 185 Å². The standard InChI is InChI=1S/C21H19N3O3S3/c1-12-8-13(2)19-16(9-12)23(6-7-28-3)21(30-19)22-20(25)18-11-14-10-15(24(26)27)4-5-17(14)29-18/h4-5,8-11H,6-7H2,1-3H3. The minimum absolute atomic E-state index is 0.0153. The Balaban J connectivity index is 1.82. The van der Waals surface area contributed by atoms with Gasteiger partial charge in [0.15, 0.2) is 4.80 Å². The highest BCUT2D eigenvalue weighted by Gasteiger charge is 2.15. The van der Waals surface area contributed by atoms with E-state index >= 15 is 0 Å². The van der Waals surface area contributed by atoms with Gasteiger partial charge in [-0.1, -0.05) is 17.4 Å². The van der Waals surface area contributed by atoms with Crippen molar-refractivity contribution in [3.8, 4) is 0 Å². The molecule has 2 heterocycles. The molecule has 0 radical (unpaired) electrons. The van der Waals surface area contributed by atoms with Crippen LogP contribution in [0.1, 0.15) is 20.8 Å². The zero-order valence-corrected chi connectivity index (χ0v) is 19.1. The minimum atomic E-state index is -0.431. The molecule has 2 aromatic carbocycles. The molecule has 6 nitrogen and oxygen atoms in total. The summed E-state index contributed by atoms with van der Waals surface area (Å²) in [6, 6.07) is 10.6. The van der Waals surface area contributed by atoms with Crippen LogP contribution in [0.4, 0.5) is 5.69 Å². The van der Waals surface area contributed by atoms with Crippen LogP contribution in [0.15, 0.2) is 41.4 Å². The molecule has 0 saturated heterocycles. The SMILES string of the molecule is CSCCn1c(=NC(=O)c2cc3cc([N+](=O)[O-])ccc3s2)sc2c(C)cc(C)cc21. The molecule has 4 rings (SSSR count). The number of aryl methyl sites for hydroxylation is 3. The summed E-state index contributed by atoms with van der Waals surface area (Å²) in [6.45, 7) is 4.92. The summed E-state index contributed by atoms with van der Waals surface area (Å²) in [4.78, 5) is 29.1. The molecule has 9 heteroatoms. The van der Waals surface area contributed by atoms with E-state index in [1.54, 1.807) is 23.9 Å². The molecule has 0 N–H and O–H groups in total. The highest BCUT2D eigenvalue weighted by molar-refractivity contribution is 7.98. The Bertz CT molecular complexity index is 1360. The first-order chi connectivity index (χ1) is 14.4. The van der Waals surface area contributed by atoms with Crippen molar-refractivity contribution in [2.75, 3.05) is 12.0 Å². The largest absolute Gasteiger partial charge is 0.315 e. The van der Waals surface area contributed by atoms with Gasteiger partial charge >= 0.3 is 0 Å². The molecule has 1 amide bonds. The van der Waals surface area contributed by atoms with E-state index in [-0.39, 0.29) is 11.6 Å². The van der Waals surface area contributed by atoms with Gasteiger partial charge in [0, 0.05) is 34.5 Å². The highest BCUT2D eigenvalue weighted by Crippen LogP contribution is 2.29. The number of nitrogens with zero attached hydrogens (tertiary/aromatic N) is 3. The maximum atomic E-state index is 13.0. The normalized spacial score (nSPS) is 12.2. The van der Waals surface area contributed by atoms with E-state index in [2.05, 4.69) is 41.8 Å². The second-order valence-electron chi connectivity index (χ2n) is 6.97. The fourth-order valence-corrected chi connectivity index (χ4v) is 5.79. The van der Waals surface area contributed by atoms with Crippen molar-refractivity contribution in [1.29, 1.82) is 0 Å². The van der Waals surface area contributed by atoms with Crippen molar-refractivity contribution in [1.82, 2.24) is 4.57 Å². The first kappa shape index (κ1) is 20.8. The van der Waals surface area contributed by atoms with Gasteiger partial charge in [-0.15, -0.1) is 11.3 Å². The number of rotatable bonds is 5. The number of thiazole rings is 1. The molecule has 4 aromatic rings. The third-order valence-electron chi connectivity index (χ3n) is 4.75. The van der Waals surface area contributed by atoms with E-state index in [1.807, 2.05) is 0 Å². The smallest absolute Gasteiger partial charge is 0.289 e. The second kappa shape index (κ2) is 8.33. The van der Waals surface area contributed by atoms with Crippen molar-refractivity contribution in [2.45, 2.75) is 20.4 Å². The zero-order valence-electron chi connectivity index (χ0n) is 16.7. The molecule has 0 aliphatic rings. The predicted octanol–water partition coefficient (Wildman–Crippen LogP) is 5.55. The lowest BCUT2D eigenvalue weighted by atomic mass is 10.1. The zero-order chi connectivity index (χ0) is 21.4. The molecule has 0 aliphatic carbocycles. The summed E-state index contributed by atoms with van der Waals surface area (Å²) in [6.07, 6.45) is 2.06. The molecular weight excluding hydrogens is 438 g/mol. The van der Waals surface area contributed by atoms with Gasteiger partial charge in [0.05, 0.1) is 20.0 Å². The van der Waals surface area contributed by atoms with Crippen molar-refractivity contribution in [3.63, 3.8) is 0 Å². The number of benzene rings is 2. The van der Waals surface area contributed by atoms with Crippen LogP contribution >= 0.6 is 34.4 Å². The number of non-ortho nitro benzene ring substituents is 1. The molecule has 0 bridgehead atoms. The molecule has 154 valence electrons. The molecule has 0 saturated carbocycles. The highest BCUT2D eigenvalue weighted by atomic mass is 32.2. The second-order valence-corrected chi connectivity index (χ2v) is 10.0. The van der Waals surface area contributed by atoms with E-state index in [0.29, 0.717) is 15.1 Å². The van der Waals surface area contributed by atoms with Gasteiger partial charge in [0.25, 0.3) is 11.6 Å². The number of nitro benzene ring substituents is 1. The molecule has 0 atom stereocenters. The number of carbonyl (C=O) groups excluding carboxylic acids is 1. The van der Waals surface area contributed by atoms with Crippen LogP contribution in [-0.4, -0.2) is 27.4 Å². The average Bonchev–Trinajstić information content (AvgIpc) is 3.27. The third-order valence-corrected chi connectivity index (χ3v) is 7.68. The summed E-state index contributed by atoms with van der Waals surface area (Å²) in [5, 5.41) is 11.7. The lowest BCUT2D eigenvalue weighted by molar-refractivity contribution is -0.384. The molecule has 0 fully saturated rings. The van der Waals surface area contributed by atoms with Crippen molar-refractivity contribution < 1.29 is 9.72 Å². The summed E-state index contributed by atoms with van der Waals surface area (Å²) in [5.74, 6) is 0.602.